The molecule has 0 saturated heterocycles. The Morgan fingerprint density at radius 3 is 2.64 bits per heavy atom. The monoisotopic (exact) mass is 393 g/mol. The molecular formula is C20H19N5O2S. The Morgan fingerprint density at radius 1 is 1.18 bits per heavy atom. The molecule has 0 radical (unpaired) electrons. The van der Waals surface area contributed by atoms with Crippen LogP contribution in [-0.4, -0.2) is 25.0 Å². The third kappa shape index (κ3) is 3.46. The van der Waals surface area contributed by atoms with Gasteiger partial charge in [0.15, 0.2) is 0 Å². The molecule has 0 aliphatic heterocycles. The number of nitrogens with zero attached hydrogens (tertiary/aromatic N) is 4. The third-order valence-corrected chi connectivity index (χ3v) is 5.82. The number of carbonyl (C=O) groups excluding carboxylic acids is 1. The highest BCUT2D eigenvalue weighted by molar-refractivity contribution is 7.20. The summed E-state index contributed by atoms with van der Waals surface area (Å²) in [5.74, 6) is -0.190. The summed E-state index contributed by atoms with van der Waals surface area (Å²) in [4.78, 5) is 34.4. The molecule has 1 amide bonds. The van der Waals surface area contributed by atoms with Gasteiger partial charge in [0, 0.05) is 32.5 Å². The van der Waals surface area contributed by atoms with Crippen LogP contribution in [0.2, 0.25) is 0 Å². The standard InChI is InChI=1S/C20H19N5O2S/c1-13-16-19(23-12-24(2)20(16)27)28-17(13)18(26)22-9-14-3-5-15(6-4-14)10-25-8-7-21-11-25/h3-8,11-12H,9-10H2,1-2H3,(H,22,26). The Kier molecular flexibility index (Phi) is 4.79. The maximum atomic E-state index is 12.6. The van der Waals surface area contributed by atoms with Gasteiger partial charge in [-0.05, 0) is 23.6 Å². The van der Waals surface area contributed by atoms with E-state index in [1.807, 2.05) is 35.0 Å². The Labute approximate surface area is 165 Å². The second-order valence-corrected chi connectivity index (χ2v) is 7.63. The number of nitrogens with one attached hydrogen (secondary N) is 1. The van der Waals surface area contributed by atoms with Crippen molar-refractivity contribution in [2.45, 2.75) is 20.0 Å². The number of thiophene rings is 1. The van der Waals surface area contributed by atoms with E-state index in [0.717, 1.165) is 17.7 Å². The first-order valence-corrected chi connectivity index (χ1v) is 9.61. The van der Waals surface area contributed by atoms with E-state index in [1.165, 1.54) is 22.2 Å². The van der Waals surface area contributed by atoms with Crippen LogP contribution in [-0.2, 0) is 20.1 Å². The maximum Gasteiger partial charge on any atom is 0.262 e. The molecule has 0 aliphatic rings. The summed E-state index contributed by atoms with van der Waals surface area (Å²) in [6.45, 7) is 2.97. The zero-order valence-corrected chi connectivity index (χ0v) is 16.4. The molecule has 28 heavy (non-hydrogen) atoms. The zero-order chi connectivity index (χ0) is 19.7. The molecule has 0 unspecified atom stereocenters. The number of aromatic nitrogens is 4. The van der Waals surface area contributed by atoms with Crippen molar-refractivity contribution in [3.05, 3.63) is 81.2 Å². The van der Waals surface area contributed by atoms with E-state index in [2.05, 4.69) is 15.3 Å². The summed E-state index contributed by atoms with van der Waals surface area (Å²) < 4.78 is 3.43. The lowest BCUT2D eigenvalue weighted by Gasteiger charge is -2.07. The number of hydrogen-bond acceptors (Lipinski definition) is 5. The minimum absolute atomic E-state index is 0.133. The molecule has 7 nitrogen and oxygen atoms in total. The average Bonchev–Trinajstić information content (AvgIpc) is 3.32. The van der Waals surface area contributed by atoms with Gasteiger partial charge >= 0.3 is 0 Å². The Bertz CT molecular complexity index is 1190. The lowest BCUT2D eigenvalue weighted by Crippen LogP contribution is -2.22. The molecule has 0 atom stereocenters. The normalized spacial score (nSPS) is 11.1. The number of hydrogen-bond donors (Lipinski definition) is 1. The van der Waals surface area contributed by atoms with Crippen molar-refractivity contribution in [2.75, 3.05) is 0 Å². The van der Waals surface area contributed by atoms with E-state index in [-0.39, 0.29) is 11.5 Å². The molecule has 142 valence electrons. The summed E-state index contributed by atoms with van der Waals surface area (Å²) in [5, 5.41) is 3.45. The minimum Gasteiger partial charge on any atom is -0.347 e. The van der Waals surface area contributed by atoms with Gasteiger partial charge in [0.25, 0.3) is 11.5 Å². The van der Waals surface area contributed by atoms with Crippen molar-refractivity contribution in [3.8, 4) is 0 Å². The van der Waals surface area contributed by atoms with Gasteiger partial charge in [-0.2, -0.15) is 0 Å². The second kappa shape index (κ2) is 7.40. The van der Waals surface area contributed by atoms with Crippen molar-refractivity contribution < 1.29 is 4.79 Å². The van der Waals surface area contributed by atoms with Crippen LogP contribution in [0.1, 0.15) is 26.4 Å². The number of rotatable bonds is 5. The Hall–Kier alpha value is -3.26. The molecule has 1 N–H and O–H groups in total. The topological polar surface area (TPSA) is 81.8 Å². The van der Waals surface area contributed by atoms with Gasteiger partial charge in [-0.1, -0.05) is 24.3 Å². The van der Waals surface area contributed by atoms with Crippen LogP contribution in [0.4, 0.5) is 0 Å². The molecule has 3 heterocycles. The number of fused-ring (bicyclic) bond motifs is 1. The second-order valence-electron chi connectivity index (χ2n) is 6.63. The van der Waals surface area contributed by atoms with Crippen molar-refractivity contribution >= 4 is 27.5 Å². The van der Waals surface area contributed by atoms with Crippen LogP contribution in [0.5, 0.6) is 0 Å². The maximum absolute atomic E-state index is 12.6. The van der Waals surface area contributed by atoms with E-state index in [0.29, 0.717) is 27.2 Å². The van der Waals surface area contributed by atoms with Gasteiger partial charge in [0.1, 0.15) is 4.83 Å². The van der Waals surface area contributed by atoms with Crippen molar-refractivity contribution in [1.29, 1.82) is 0 Å². The number of imidazole rings is 1. The van der Waals surface area contributed by atoms with E-state index in [1.54, 1.807) is 26.5 Å². The summed E-state index contributed by atoms with van der Waals surface area (Å²) in [7, 11) is 1.65. The lowest BCUT2D eigenvalue weighted by atomic mass is 10.1. The van der Waals surface area contributed by atoms with Gasteiger partial charge in [-0.25, -0.2) is 9.97 Å². The molecule has 1 aromatic carbocycles. The molecule has 4 rings (SSSR count). The zero-order valence-electron chi connectivity index (χ0n) is 15.5. The van der Waals surface area contributed by atoms with Crippen molar-refractivity contribution in [2.24, 2.45) is 7.05 Å². The van der Waals surface area contributed by atoms with Crippen molar-refractivity contribution in [3.63, 3.8) is 0 Å². The summed E-state index contributed by atoms with van der Waals surface area (Å²) in [5.41, 5.74) is 2.72. The lowest BCUT2D eigenvalue weighted by molar-refractivity contribution is 0.0954. The Morgan fingerprint density at radius 2 is 1.93 bits per heavy atom. The van der Waals surface area contributed by atoms with Crippen LogP contribution < -0.4 is 10.9 Å². The highest BCUT2D eigenvalue weighted by atomic mass is 32.1. The first-order valence-electron chi connectivity index (χ1n) is 8.79. The summed E-state index contributed by atoms with van der Waals surface area (Å²) in [6, 6.07) is 8.09. The highest BCUT2D eigenvalue weighted by Gasteiger charge is 2.18. The van der Waals surface area contributed by atoms with Crippen molar-refractivity contribution in [1.82, 2.24) is 24.4 Å². The summed E-state index contributed by atoms with van der Waals surface area (Å²) in [6.07, 6.45) is 6.94. The number of benzene rings is 1. The SMILES string of the molecule is Cc1c(C(=O)NCc2ccc(Cn3ccnc3)cc2)sc2ncn(C)c(=O)c12. The van der Waals surface area contributed by atoms with Gasteiger partial charge < -0.3 is 14.5 Å². The molecule has 0 spiro atoms. The molecule has 0 bridgehead atoms. The number of aryl methyl sites for hydroxylation is 2. The first-order chi connectivity index (χ1) is 13.5. The highest BCUT2D eigenvalue weighted by Crippen LogP contribution is 2.26. The van der Waals surface area contributed by atoms with Gasteiger partial charge in [-0.3, -0.25) is 9.59 Å². The minimum atomic E-state index is -0.190. The average molecular weight is 393 g/mol. The van der Waals surface area contributed by atoms with E-state index in [4.69, 9.17) is 0 Å². The number of amides is 1. The molecule has 0 saturated carbocycles. The van der Waals surface area contributed by atoms with Gasteiger partial charge in [0.05, 0.1) is 22.9 Å². The molecule has 3 aromatic heterocycles. The first kappa shape index (κ1) is 18.1. The van der Waals surface area contributed by atoms with Crippen LogP contribution in [0.15, 0.2) is 54.1 Å². The van der Waals surface area contributed by atoms with Gasteiger partial charge in [0.2, 0.25) is 0 Å². The van der Waals surface area contributed by atoms with Gasteiger partial charge in [-0.15, -0.1) is 11.3 Å². The Balaban J connectivity index is 1.46. The van der Waals surface area contributed by atoms with E-state index in [9.17, 15) is 9.59 Å². The fraction of sp³-hybridized carbons (Fsp3) is 0.200. The largest absolute Gasteiger partial charge is 0.347 e. The predicted octanol–water partition coefficient (Wildman–Crippen LogP) is 2.48. The fourth-order valence-corrected chi connectivity index (χ4v) is 4.10. The fourth-order valence-electron chi connectivity index (χ4n) is 3.04. The summed E-state index contributed by atoms with van der Waals surface area (Å²) >= 11 is 1.25. The van der Waals surface area contributed by atoms with Crippen LogP contribution in [0, 0.1) is 6.92 Å². The molecule has 4 aromatic rings. The van der Waals surface area contributed by atoms with Crippen LogP contribution >= 0.6 is 11.3 Å². The smallest absolute Gasteiger partial charge is 0.262 e. The van der Waals surface area contributed by atoms with Crippen LogP contribution in [0.25, 0.3) is 10.2 Å². The third-order valence-electron chi connectivity index (χ3n) is 4.62. The van der Waals surface area contributed by atoms with E-state index < -0.39 is 0 Å². The quantitative estimate of drug-likeness (QED) is 0.565. The molecule has 0 aliphatic carbocycles. The molecular weight excluding hydrogens is 374 g/mol. The van der Waals surface area contributed by atoms with E-state index >= 15 is 0 Å². The van der Waals surface area contributed by atoms with Crippen LogP contribution in [0.3, 0.4) is 0 Å². The predicted molar refractivity (Wildman–Crippen MR) is 109 cm³/mol. The number of carbonyl (C=O) groups is 1. The molecule has 0 fully saturated rings. The molecule has 8 heteroatoms.